The van der Waals surface area contributed by atoms with Crippen molar-refractivity contribution in [3.8, 4) is 0 Å². The molecule has 3 aliphatic rings. The van der Waals surface area contributed by atoms with Crippen LogP contribution in [-0.4, -0.2) is 52.2 Å². The van der Waals surface area contributed by atoms with Crippen LogP contribution in [0.15, 0.2) is 29.4 Å². The second-order valence-corrected chi connectivity index (χ2v) is 10.4. The van der Waals surface area contributed by atoms with Gasteiger partial charge in [0.1, 0.15) is 0 Å². The van der Waals surface area contributed by atoms with Gasteiger partial charge in [0.15, 0.2) is 11.5 Å². The molecule has 32 heavy (non-hydrogen) atoms. The first kappa shape index (κ1) is 23.0. The summed E-state index contributed by atoms with van der Waals surface area (Å²) in [5, 5.41) is 8.57. The number of carbonyl (C=O) groups is 2. The lowest BCUT2D eigenvalue weighted by Gasteiger charge is -2.50. The monoisotopic (exact) mass is 457 g/mol. The van der Waals surface area contributed by atoms with Crippen molar-refractivity contribution in [2.45, 2.75) is 71.0 Å². The van der Waals surface area contributed by atoms with Crippen molar-refractivity contribution < 1.29 is 9.59 Å². The Morgan fingerprint density at radius 1 is 1.28 bits per heavy atom. The van der Waals surface area contributed by atoms with Crippen molar-refractivity contribution >= 4 is 28.7 Å². The number of amides is 2. The van der Waals surface area contributed by atoms with Crippen LogP contribution in [0.1, 0.15) is 57.1 Å². The van der Waals surface area contributed by atoms with E-state index in [-0.39, 0.29) is 30.1 Å². The summed E-state index contributed by atoms with van der Waals surface area (Å²) in [7, 11) is 0. The number of fused-ring (bicyclic) bond motifs is 3. The van der Waals surface area contributed by atoms with E-state index in [0.717, 1.165) is 36.6 Å². The molecule has 174 valence electrons. The highest BCUT2D eigenvalue weighted by atomic mass is 32.2. The Balaban J connectivity index is 1.46. The summed E-state index contributed by atoms with van der Waals surface area (Å²) in [5.41, 5.74) is 5.79. The molecule has 1 aliphatic carbocycles. The van der Waals surface area contributed by atoms with Crippen molar-refractivity contribution in [3.63, 3.8) is 0 Å². The number of hydrogen-bond acceptors (Lipinski definition) is 6. The lowest BCUT2D eigenvalue weighted by Crippen LogP contribution is -2.67. The minimum absolute atomic E-state index is 0.00288. The molecule has 1 aromatic carbocycles. The molecule has 2 heterocycles. The van der Waals surface area contributed by atoms with E-state index in [4.69, 9.17) is 0 Å². The van der Waals surface area contributed by atoms with Crippen LogP contribution < -0.4 is 10.7 Å². The number of nitrogens with one attached hydrogen (secondary N) is 2. The number of nitrogens with zero attached hydrogens (tertiary/aromatic N) is 3. The van der Waals surface area contributed by atoms with E-state index in [0.29, 0.717) is 25.4 Å². The zero-order chi connectivity index (χ0) is 22.7. The Bertz CT molecular complexity index is 874. The molecule has 3 atom stereocenters. The summed E-state index contributed by atoms with van der Waals surface area (Å²) in [6.45, 7) is 7.35. The van der Waals surface area contributed by atoms with E-state index < -0.39 is 0 Å². The van der Waals surface area contributed by atoms with Gasteiger partial charge >= 0.3 is 0 Å². The summed E-state index contributed by atoms with van der Waals surface area (Å²) in [6, 6.07) is 8.62. The first-order valence-electron chi connectivity index (χ1n) is 11.8. The highest BCUT2D eigenvalue weighted by Gasteiger charge is 2.50. The number of hydrazone groups is 1. The van der Waals surface area contributed by atoms with Gasteiger partial charge in [0.25, 0.3) is 0 Å². The van der Waals surface area contributed by atoms with Gasteiger partial charge in [-0.05, 0) is 36.8 Å². The van der Waals surface area contributed by atoms with Crippen molar-refractivity contribution in [2.24, 2.45) is 16.9 Å². The third-order valence-corrected chi connectivity index (χ3v) is 7.66. The number of rotatable bonds is 7. The van der Waals surface area contributed by atoms with Gasteiger partial charge in [-0.25, -0.2) is 0 Å². The van der Waals surface area contributed by atoms with Crippen LogP contribution in [0.3, 0.4) is 0 Å². The molecule has 2 N–H and O–H groups in total. The molecule has 1 saturated heterocycles. The molecular formula is C24H35N5O2S. The Morgan fingerprint density at radius 2 is 2.06 bits per heavy atom. The average Bonchev–Trinajstić information content (AvgIpc) is 3.21. The molecule has 1 saturated carbocycles. The van der Waals surface area contributed by atoms with Gasteiger partial charge in [-0.1, -0.05) is 62.7 Å². The minimum Gasteiger partial charge on any atom is -0.356 e. The third kappa shape index (κ3) is 4.90. The van der Waals surface area contributed by atoms with Gasteiger partial charge < -0.3 is 15.1 Å². The predicted octanol–water partition coefficient (Wildman–Crippen LogP) is 3.25. The maximum atomic E-state index is 13.4. The first-order valence-corrected chi connectivity index (χ1v) is 12.8. The van der Waals surface area contributed by atoms with E-state index in [1.54, 1.807) is 11.8 Å². The molecule has 3 unspecified atom stereocenters. The SMILES string of the molecule is Cc1ccccc1CSC1=NNC2N(CCC(=O)NCC(C)C)C(=O)C3CCCCC3N12. The van der Waals surface area contributed by atoms with Crippen molar-refractivity contribution in [1.82, 2.24) is 20.5 Å². The van der Waals surface area contributed by atoms with Crippen LogP contribution in [0.4, 0.5) is 0 Å². The molecule has 0 bridgehead atoms. The van der Waals surface area contributed by atoms with E-state index in [1.165, 1.54) is 11.1 Å². The van der Waals surface area contributed by atoms with Crippen LogP contribution in [0.5, 0.6) is 0 Å². The summed E-state index contributed by atoms with van der Waals surface area (Å²) in [4.78, 5) is 29.9. The maximum Gasteiger partial charge on any atom is 0.230 e. The Labute approximate surface area is 195 Å². The smallest absolute Gasteiger partial charge is 0.230 e. The number of hydrogen-bond donors (Lipinski definition) is 2. The second-order valence-electron chi connectivity index (χ2n) is 9.46. The maximum absolute atomic E-state index is 13.4. The van der Waals surface area contributed by atoms with Crippen LogP contribution in [0, 0.1) is 18.8 Å². The number of aryl methyl sites for hydroxylation is 1. The zero-order valence-electron chi connectivity index (χ0n) is 19.3. The molecule has 4 rings (SSSR count). The van der Waals surface area contributed by atoms with Gasteiger partial charge in [0.05, 0.1) is 5.92 Å². The Hall–Kier alpha value is -2.22. The average molecular weight is 458 g/mol. The molecule has 0 radical (unpaired) electrons. The topological polar surface area (TPSA) is 77.0 Å². The molecular weight excluding hydrogens is 422 g/mol. The summed E-state index contributed by atoms with van der Waals surface area (Å²) in [5.74, 6) is 1.41. The highest BCUT2D eigenvalue weighted by Crippen LogP contribution is 2.39. The van der Waals surface area contributed by atoms with Crippen LogP contribution in [0.2, 0.25) is 0 Å². The van der Waals surface area contributed by atoms with E-state index in [9.17, 15) is 9.59 Å². The third-order valence-electron chi connectivity index (χ3n) is 6.65. The van der Waals surface area contributed by atoms with Crippen LogP contribution >= 0.6 is 11.8 Å². The summed E-state index contributed by atoms with van der Waals surface area (Å²) < 4.78 is 0. The van der Waals surface area contributed by atoms with Gasteiger partial charge in [0.2, 0.25) is 11.8 Å². The molecule has 2 fully saturated rings. The molecule has 2 amide bonds. The standard InChI is InChI=1S/C24H35N5O2S/c1-16(2)14-25-21(30)12-13-28-22(31)19-10-6-7-11-20(19)29-23(28)26-27-24(29)32-15-18-9-5-4-8-17(18)3/h4-5,8-9,16,19-20,23,26H,6-7,10-15H2,1-3H3,(H,25,30). The van der Waals surface area contributed by atoms with Crippen LogP contribution in [-0.2, 0) is 15.3 Å². The van der Waals surface area contributed by atoms with Crippen molar-refractivity contribution in [2.75, 3.05) is 13.1 Å². The first-order chi connectivity index (χ1) is 15.5. The summed E-state index contributed by atoms with van der Waals surface area (Å²) in [6.07, 6.45) is 4.18. The molecule has 1 aromatic rings. The molecule has 7 nitrogen and oxygen atoms in total. The molecule has 0 spiro atoms. The number of thioether (sulfide) groups is 1. The minimum atomic E-state index is -0.292. The quantitative estimate of drug-likeness (QED) is 0.657. The Kier molecular flexibility index (Phi) is 7.28. The normalized spacial score (nSPS) is 24.7. The van der Waals surface area contributed by atoms with E-state index in [1.807, 2.05) is 4.90 Å². The fourth-order valence-corrected chi connectivity index (χ4v) is 5.94. The molecule has 8 heteroatoms. The lowest BCUT2D eigenvalue weighted by atomic mass is 9.81. The fraction of sp³-hybridized carbons (Fsp3) is 0.625. The van der Waals surface area contributed by atoms with Gasteiger partial charge in [0, 0.05) is 31.3 Å². The number of benzene rings is 1. The largest absolute Gasteiger partial charge is 0.356 e. The highest BCUT2D eigenvalue weighted by molar-refractivity contribution is 8.13. The number of carbonyl (C=O) groups excluding carboxylic acids is 2. The molecule has 0 aromatic heterocycles. The second kappa shape index (κ2) is 10.1. The predicted molar refractivity (Wildman–Crippen MR) is 129 cm³/mol. The van der Waals surface area contributed by atoms with Gasteiger partial charge in [-0.3, -0.25) is 15.0 Å². The molecule has 2 aliphatic heterocycles. The van der Waals surface area contributed by atoms with Crippen molar-refractivity contribution in [3.05, 3.63) is 35.4 Å². The van der Waals surface area contributed by atoms with Gasteiger partial charge in [-0.15, -0.1) is 0 Å². The Morgan fingerprint density at radius 3 is 2.84 bits per heavy atom. The fourth-order valence-electron chi connectivity index (χ4n) is 4.83. The van der Waals surface area contributed by atoms with E-state index >= 15 is 0 Å². The van der Waals surface area contributed by atoms with E-state index in [2.05, 4.69) is 65.8 Å². The van der Waals surface area contributed by atoms with Crippen LogP contribution in [0.25, 0.3) is 0 Å². The van der Waals surface area contributed by atoms with Crippen molar-refractivity contribution in [1.29, 1.82) is 0 Å². The summed E-state index contributed by atoms with van der Waals surface area (Å²) >= 11 is 1.73. The lowest BCUT2D eigenvalue weighted by molar-refractivity contribution is -0.155. The number of amidine groups is 1. The zero-order valence-corrected chi connectivity index (χ0v) is 20.2. The van der Waals surface area contributed by atoms with Gasteiger partial charge in [-0.2, -0.15) is 5.10 Å².